The molecule has 5 rings (SSSR count). The zero-order valence-electron chi connectivity index (χ0n) is 20.7. The summed E-state index contributed by atoms with van der Waals surface area (Å²) in [6.07, 6.45) is 0. The first-order valence-electron chi connectivity index (χ1n) is 11.6. The first-order chi connectivity index (χ1) is 18.2. The van der Waals surface area contributed by atoms with Crippen molar-refractivity contribution in [3.63, 3.8) is 0 Å². The highest BCUT2D eigenvalue weighted by Gasteiger charge is 2.43. The van der Waals surface area contributed by atoms with E-state index in [1.807, 2.05) is 18.2 Å². The van der Waals surface area contributed by atoms with E-state index in [-0.39, 0.29) is 17.4 Å². The largest absolute Gasteiger partial charge is 0.493 e. The van der Waals surface area contributed by atoms with Crippen molar-refractivity contribution >= 4 is 52.3 Å². The van der Waals surface area contributed by atoms with Crippen molar-refractivity contribution < 1.29 is 23.8 Å². The average molecular weight is 571 g/mol. The molecule has 38 heavy (non-hydrogen) atoms. The maximum atomic E-state index is 13.6. The highest BCUT2D eigenvalue weighted by molar-refractivity contribution is 6.35. The zero-order valence-corrected chi connectivity index (χ0v) is 22.9. The van der Waals surface area contributed by atoms with E-state index in [2.05, 4.69) is 5.32 Å². The lowest BCUT2D eigenvalue weighted by Gasteiger charge is -2.29. The SMILES string of the molecule is COC(=O)C1=C(C)NC2=C(C(=O)c3ccccc32)[C@H]1c1cc(Cl)c(OCc2ccc(Cl)cc2Cl)c(OC)c1. The van der Waals surface area contributed by atoms with Crippen molar-refractivity contribution in [1.82, 2.24) is 5.32 Å². The molecule has 2 aliphatic rings. The summed E-state index contributed by atoms with van der Waals surface area (Å²) in [5.74, 6) is -0.834. The molecule has 9 heteroatoms. The van der Waals surface area contributed by atoms with E-state index in [0.29, 0.717) is 60.8 Å². The Morgan fingerprint density at radius 2 is 1.71 bits per heavy atom. The Balaban J connectivity index is 1.60. The minimum atomic E-state index is -0.746. The zero-order chi connectivity index (χ0) is 27.1. The molecular formula is C29H22Cl3NO5. The van der Waals surface area contributed by atoms with Crippen LogP contribution in [0.2, 0.25) is 15.1 Å². The van der Waals surface area contributed by atoms with Crippen molar-refractivity contribution in [2.24, 2.45) is 0 Å². The molecule has 0 radical (unpaired) electrons. The number of nitrogens with one attached hydrogen (secondary N) is 1. The predicted molar refractivity (Wildman–Crippen MR) is 147 cm³/mol. The summed E-state index contributed by atoms with van der Waals surface area (Å²) in [5.41, 5.74) is 4.63. The molecule has 0 fully saturated rings. The van der Waals surface area contributed by atoms with Gasteiger partial charge in [-0.1, -0.05) is 65.1 Å². The molecule has 1 aliphatic heterocycles. The van der Waals surface area contributed by atoms with E-state index in [0.717, 1.165) is 5.56 Å². The maximum absolute atomic E-state index is 13.6. The van der Waals surface area contributed by atoms with Crippen LogP contribution < -0.4 is 14.8 Å². The number of allylic oxidation sites excluding steroid dienone is 2. The van der Waals surface area contributed by atoms with Gasteiger partial charge in [-0.2, -0.15) is 0 Å². The van der Waals surface area contributed by atoms with Gasteiger partial charge in [-0.05, 0) is 36.8 Å². The van der Waals surface area contributed by atoms with Crippen molar-refractivity contribution in [1.29, 1.82) is 0 Å². The third-order valence-electron chi connectivity index (χ3n) is 6.63. The maximum Gasteiger partial charge on any atom is 0.336 e. The van der Waals surface area contributed by atoms with Gasteiger partial charge in [0.25, 0.3) is 0 Å². The van der Waals surface area contributed by atoms with Crippen LogP contribution >= 0.6 is 34.8 Å². The number of hydrogen-bond donors (Lipinski definition) is 1. The number of rotatable bonds is 6. The Morgan fingerprint density at radius 1 is 0.974 bits per heavy atom. The number of Topliss-reactive ketones (excluding diaryl/α,β-unsaturated/α-hetero) is 1. The number of dihydropyridines is 1. The van der Waals surface area contributed by atoms with E-state index in [1.165, 1.54) is 14.2 Å². The summed E-state index contributed by atoms with van der Waals surface area (Å²) in [6, 6.07) is 15.8. The van der Waals surface area contributed by atoms with Gasteiger partial charge in [0, 0.05) is 43.9 Å². The van der Waals surface area contributed by atoms with Gasteiger partial charge in [0.1, 0.15) is 6.61 Å². The van der Waals surface area contributed by atoms with Crippen LogP contribution in [-0.2, 0) is 16.1 Å². The predicted octanol–water partition coefficient (Wildman–Crippen LogP) is 6.98. The van der Waals surface area contributed by atoms with Gasteiger partial charge < -0.3 is 19.5 Å². The molecule has 1 heterocycles. The number of carbonyl (C=O) groups is 2. The summed E-state index contributed by atoms with van der Waals surface area (Å²) >= 11 is 19.0. The van der Waals surface area contributed by atoms with Crippen LogP contribution in [0.3, 0.4) is 0 Å². The van der Waals surface area contributed by atoms with Gasteiger partial charge in [-0.3, -0.25) is 4.79 Å². The molecule has 0 aromatic heterocycles. The molecule has 0 saturated carbocycles. The lowest BCUT2D eigenvalue weighted by Crippen LogP contribution is -2.29. The van der Waals surface area contributed by atoms with Gasteiger partial charge in [-0.15, -0.1) is 0 Å². The van der Waals surface area contributed by atoms with Gasteiger partial charge in [-0.25, -0.2) is 4.79 Å². The third-order valence-corrected chi connectivity index (χ3v) is 7.49. The summed E-state index contributed by atoms with van der Waals surface area (Å²) in [5, 5.41) is 4.48. The van der Waals surface area contributed by atoms with E-state index < -0.39 is 11.9 Å². The molecule has 0 unspecified atom stereocenters. The van der Waals surface area contributed by atoms with E-state index in [4.69, 9.17) is 49.0 Å². The highest BCUT2D eigenvalue weighted by atomic mass is 35.5. The van der Waals surface area contributed by atoms with Gasteiger partial charge >= 0.3 is 5.97 Å². The molecule has 6 nitrogen and oxygen atoms in total. The number of ketones is 1. The average Bonchev–Trinajstić information content (AvgIpc) is 3.18. The first-order valence-corrected chi connectivity index (χ1v) is 12.8. The second-order valence-electron chi connectivity index (χ2n) is 8.81. The lowest BCUT2D eigenvalue weighted by atomic mass is 9.79. The Bertz CT molecular complexity index is 1560. The second-order valence-corrected chi connectivity index (χ2v) is 10.1. The summed E-state index contributed by atoms with van der Waals surface area (Å²) in [4.78, 5) is 26.6. The number of carbonyl (C=O) groups excluding carboxylic acids is 2. The molecule has 3 aromatic carbocycles. The van der Waals surface area contributed by atoms with E-state index >= 15 is 0 Å². The highest BCUT2D eigenvalue weighted by Crippen LogP contribution is 2.49. The quantitative estimate of drug-likeness (QED) is 0.323. The molecule has 1 atom stereocenters. The number of hydrogen-bond acceptors (Lipinski definition) is 6. The lowest BCUT2D eigenvalue weighted by molar-refractivity contribution is -0.136. The fraction of sp³-hybridized carbons (Fsp3) is 0.172. The second kappa shape index (κ2) is 10.4. The molecule has 0 bridgehead atoms. The number of halogens is 3. The molecule has 194 valence electrons. The van der Waals surface area contributed by atoms with E-state index in [1.54, 1.807) is 43.3 Å². The molecule has 1 aliphatic carbocycles. The van der Waals surface area contributed by atoms with Gasteiger partial charge in [0.2, 0.25) is 0 Å². The summed E-state index contributed by atoms with van der Waals surface area (Å²) in [6.45, 7) is 1.90. The van der Waals surface area contributed by atoms with Crippen LogP contribution in [0.25, 0.3) is 5.70 Å². The Morgan fingerprint density at radius 3 is 2.39 bits per heavy atom. The number of benzene rings is 3. The Hall–Kier alpha value is -3.45. The molecule has 0 spiro atoms. The number of ether oxygens (including phenoxy) is 3. The van der Waals surface area contributed by atoms with Crippen LogP contribution in [0.15, 0.2) is 71.4 Å². The fourth-order valence-electron chi connectivity index (χ4n) is 4.88. The molecule has 0 amide bonds. The molecule has 0 saturated heterocycles. The van der Waals surface area contributed by atoms with E-state index in [9.17, 15) is 9.59 Å². The standard InChI is InChI=1S/C29H22Cl3NO5/c1-14-23(29(35)37-3)24(25-26(33-14)18-6-4-5-7-19(18)27(25)34)16-10-21(32)28(22(11-16)36-2)38-13-15-8-9-17(30)12-20(15)31/h4-12,24,33H,13H2,1-3H3/t24-/m0/s1. The number of fused-ring (bicyclic) bond motifs is 2. The Kier molecular flexibility index (Phi) is 7.14. The van der Waals surface area contributed by atoms with Crippen molar-refractivity contribution in [2.75, 3.05) is 14.2 Å². The normalized spacial score (nSPS) is 16.2. The summed E-state index contributed by atoms with van der Waals surface area (Å²) < 4.78 is 16.7. The minimum Gasteiger partial charge on any atom is -0.493 e. The first kappa shape index (κ1) is 26.2. The number of esters is 1. The smallest absolute Gasteiger partial charge is 0.336 e. The molecule has 3 aromatic rings. The number of methoxy groups -OCH3 is 2. The monoisotopic (exact) mass is 569 g/mol. The van der Waals surface area contributed by atoms with Crippen LogP contribution in [0.1, 0.15) is 39.9 Å². The topological polar surface area (TPSA) is 73.9 Å². The molecule has 1 N–H and O–H groups in total. The summed E-state index contributed by atoms with van der Waals surface area (Å²) in [7, 11) is 2.80. The fourth-order valence-corrected chi connectivity index (χ4v) is 5.61. The van der Waals surface area contributed by atoms with Gasteiger partial charge in [0.15, 0.2) is 17.3 Å². The van der Waals surface area contributed by atoms with Crippen molar-refractivity contribution in [2.45, 2.75) is 19.4 Å². The van der Waals surface area contributed by atoms with Crippen LogP contribution in [0, 0.1) is 0 Å². The van der Waals surface area contributed by atoms with Crippen LogP contribution in [0.4, 0.5) is 0 Å². The van der Waals surface area contributed by atoms with Gasteiger partial charge in [0.05, 0.1) is 30.5 Å². The van der Waals surface area contributed by atoms with Crippen LogP contribution in [-0.4, -0.2) is 26.0 Å². The molecular weight excluding hydrogens is 549 g/mol. The third kappa shape index (κ3) is 4.43. The minimum absolute atomic E-state index is 0.119. The Labute approximate surface area is 234 Å². The van der Waals surface area contributed by atoms with Crippen molar-refractivity contribution in [3.05, 3.63) is 109 Å². The van der Waals surface area contributed by atoms with Crippen LogP contribution in [0.5, 0.6) is 11.5 Å². The van der Waals surface area contributed by atoms with Crippen molar-refractivity contribution in [3.8, 4) is 11.5 Å².